The second-order valence-electron chi connectivity index (χ2n) is 9.69. The molecule has 0 N–H and O–H groups in total. The lowest BCUT2D eigenvalue weighted by Gasteiger charge is -2.14. The molecule has 0 bridgehead atoms. The van der Waals surface area contributed by atoms with E-state index >= 15 is 0 Å². The summed E-state index contributed by atoms with van der Waals surface area (Å²) < 4.78 is 6.32. The SMILES string of the molecule is c1ccc(-c2ccc(-c3ccccc3COCc3ccccc3-c3ccc(-c4ccccc4)cc3)cc2)cc1. The number of hydrogen-bond acceptors (Lipinski definition) is 1. The first kappa shape index (κ1) is 24.6. The van der Waals surface area contributed by atoms with E-state index in [1.165, 1.54) is 55.6 Å². The average Bonchev–Trinajstić information content (AvgIpc) is 3.03. The zero-order chi connectivity index (χ0) is 26.3. The quantitative estimate of drug-likeness (QED) is 0.201. The number of ether oxygens (including phenoxy) is 1. The molecule has 0 aliphatic rings. The van der Waals surface area contributed by atoms with Crippen molar-refractivity contribution in [2.24, 2.45) is 0 Å². The fourth-order valence-corrected chi connectivity index (χ4v) is 5.07. The van der Waals surface area contributed by atoms with E-state index < -0.39 is 0 Å². The molecule has 0 amide bonds. The van der Waals surface area contributed by atoms with Gasteiger partial charge in [0.25, 0.3) is 0 Å². The molecule has 0 unspecified atom stereocenters. The van der Waals surface area contributed by atoms with Crippen molar-refractivity contribution >= 4 is 0 Å². The molecule has 0 atom stereocenters. The van der Waals surface area contributed by atoms with E-state index in [0.717, 1.165) is 0 Å². The van der Waals surface area contributed by atoms with E-state index in [1.54, 1.807) is 0 Å². The maximum Gasteiger partial charge on any atom is 0.0727 e. The minimum Gasteiger partial charge on any atom is -0.372 e. The molecule has 0 fully saturated rings. The molecule has 1 nitrogen and oxygen atoms in total. The minimum absolute atomic E-state index is 0.553. The maximum absolute atomic E-state index is 6.32. The van der Waals surface area contributed by atoms with E-state index in [0.29, 0.717) is 13.2 Å². The van der Waals surface area contributed by atoms with Crippen LogP contribution >= 0.6 is 0 Å². The Morgan fingerprint density at radius 2 is 0.590 bits per heavy atom. The van der Waals surface area contributed by atoms with Crippen LogP contribution in [0.4, 0.5) is 0 Å². The summed E-state index contributed by atoms with van der Waals surface area (Å²) in [4.78, 5) is 0. The highest BCUT2D eigenvalue weighted by molar-refractivity contribution is 5.73. The van der Waals surface area contributed by atoms with Gasteiger partial charge >= 0.3 is 0 Å². The molecule has 1 heteroatoms. The molecule has 0 aromatic heterocycles. The predicted octanol–water partition coefficient (Wildman–Crippen LogP) is 10.1. The molecular formula is C38H30O. The van der Waals surface area contributed by atoms with E-state index in [2.05, 4.69) is 146 Å². The van der Waals surface area contributed by atoms with E-state index in [-0.39, 0.29) is 0 Å². The van der Waals surface area contributed by atoms with Gasteiger partial charge in [-0.3, -0.25) is 0 Å². The van der Waals surface area contributed by atoms with Crippen molar-refractivity contribution in [1.82, 2.24) is 0 Å². The Kier molecular flexibility index (Phi) is 7.43. The Morgan fingerprint density at radius 3 is 1.00 bits per heavy atom. The van der Waals surface area contributed by atoms with Gasteiger partial charge < -0.3 is 4.74 Å². The molecule has 0 spiro atoms. The molecular weight excluding hydrogens is 472 g/mol. The third-order valence-corrected chi connectivity index (χ3v) is 7.16. The topological polar surface area (TPSA) is 9.23 Å². The molecule has 0 radical (unpaired) electrons. The van der Waals surface area contributed by atoms with Gasteiger partial charge in [-0.1, -0.05) is 158 Å². The highest BCUT2D eigenvalue weighted by Gasteiger charge is 2.09. The summed E-state index contributed by atoms with van der Waals surface area (Å²) in [6.07, 6.45) is 0. The van der Waals surface area contributed by atoms with Gasteiger partial charge in [0.05, 0.1) is 13.2 Å². The first-order chi connectivity index (χ1) is 19.3. The van der Waals surface area contributed by atoms with Crippen LogP contribution in [0.15, 0.2) is 158 Å². The van der Waals surface area contributed by atoms with Crippen molar-refractivity contribution < 1.29 is 4.74 Å². The lowest BCUT2D eigenvalue weighted by Crippen LogP contribution is -1.98. The van der Waals surface area contributed by atoms with Crippen molar-refractivity contribution in [2.45, 2.75) is 13.2 Å². The highest BCUT2D eigenvalue weighted by Crippen LogP contribution is 2.30. The second-order valence-corrected chi connectivity index (χ2v) is 9.69. The average molecular weight is 503 g/mol. The van der Waals surface area contributed by atoms with Crippen molar-refractivity contribution in [1.29, 1.82) is 0 Å². The van der Waals surface area contributed by atoms with Crippen LogP contribution in [-0.4, -0.2) is 0 Å². The van der Waals surface area contributed by atoms with Crippen LogP contribution in [0.25, 0.3) is 44.5 Å². The summed E-state index contributed by atoms with van der Waals surface area (Å²) in [6, 6.07) is 55.6. The van der Waals surface area contributed by atoms with Crippen LogP contribution in [0.3, 0.4) is 0 Å². The summed E-state index contributed by atoms with van der Waals surface area (Å²) in [6.45, 7) is 1.11. The van der Waals surface area contributed by atoms with Gasteiger partial charge in [0.15, 0.2) is 0 Å². The summed E-state index contributed by atoms with van der Waals surface area (Å²) in [5.74, 6) is 0. The molecule has 6 rings (SSSR count). The molecule has 0 saturated heterocycles. The molecule has 0 heterocycles. The molecule has 0 aliphatic heterocycles. The monoisotopic (exact) mass is 502 g/mol. The van der Waals surface area contributed by atoms with Gasteiger partial charge in [0.1, 0.15) is 0 Å². The Morgan fingerprint density at radius 1 is 0.282 bits per heavy atom. The van der Waals surface area contributed by atoms with Gasteiger partial charge in [-0.25, -0.2) is 0 Å². The maximum atomic E-state index is 6.32. The van der Waals surface area contributed by atoms with Crippen LogP contribution in [-0.2, 0) is 18.0 Å². The standard InChI is InChI=1S/C38H30O/c1-3-11-29(12-4-1)31-19-23-33(24-20-31)37-17-9-7-15-35(37)27-39-28-36-16-8-10-18-38(36)34-25-21-32(22-26-34)30-13-5-2-6-14-30/h1-26H,27-28H2. The van der Waals surface area contributed by atoms with Gasteiger partial charge in [-0.2, -0.15) is 0 Å². The summed E-state index contributed by atoms with van der Waals surface area (Å²) >= 11 is 0. The Labute approximate surface area is 231 Å². The van der Waals surface area contributed by atoms with Crippen molar-refractivity contribution in [3.63, 3.8) is 0 Å². The lowest BCUT2D eigenvalue weighted by atomic mass is 9.97. The zero-order valence-corrected chi connectivity index (χ0v) is 21.8. The van der Waals surface area contributed by atoms with Crippen LogP contribution in [0.1, 0.15) is 11.1 Å². The number of hydrogen-bond donors (Lipinski definition) is 0. The fourth-order valence-electron chi connectivity index (χ4n) is 5.07. The molecule has 188 valence electrons. The zero-order valence-electron chi connectivity index (χ0n) is 21.8. The van der Waals surface area contributed by atoms with Gasteiger partial charge in [0.2, 0.25) is 0 Å². The summed E-state index contributed by atoms with van der Waals surface area (Å²) in [7, 11) is 0. The summed E-state index contributed by atoms with van der Waals surface area (Å²) in [5, 5.41) is 0. The predicted molar refractivity (Wildman–Crippen MR) is 163 cm³/mol. The smallest absolute Gasteiger partial charge is 0.0727 e. The van der Waals surface area contributed by atoms with Crippen molar-refractivity contribution in [2.75, 3.05) is 0 Å². The molecule has 0 aliphatic carbocycles. The Hall–Kier alpha value is -4.72. The Bertz CT molecular complexity index is 1510. The normalized spacial score (nSPS) is 10.9. The van der Waals surface area contributed by atoms with E-state index in [9.17, 15) is 0 Å². The van der Waals surface area contributed by atoms with Gasteiger partial charge in [0, 0.05) is 0 Å². The first-order valence-corrected chi connectivity index (χ1v) is 13.4. The first-order valence-electron chi connectivity index (χ1n) is 13.4. The van der Waals surface area contributed by atoms with Crippen LogP contribution in [0.2, 0.25) is 0 Å². The number of rotatable bonds is 8. The van der Waals surface area contributed by atoms with Gasteiger partial charge in [-0.05, 0) is 55.6 Å². The Balaban J connectivity index is 1.16. The van der Waals surface area contributed by atoms with Crippen molar-refractivity contribution in [3.05, 3.63) is 169 Å². The van der Waals surface area contributed by atoms with Crippen LogP contribution < -0.4 is 0 Å². The fraction of sp³-hybridized carbons (Fsp3) is 0.0526. The van der Waals surface area contributed by atoms with Crippen molar-refractivity contribution in [3.8, 4) is 44.5 Å². The van der Waals surface area contributed by atoms with E-state index in [1.807, 2.05) is 12.1 Å². The second kappa shape index (κ2) is 11.8. The van der Waals surface area contributed by atoms with Gasteiger partial charge in [-0.15, -0.1) is 0 Å². The molecule has 6 aromatic carbocycles. The van der Waals surface area contributed by atoms with Crippen LogP contribution in [0.5, 0.6) is 0 Å². The van der Waals surface area contributed by atoms with Crippen LogP contribution in [0, 0.1) is 0 Å². The molecule has 39 heavy (non-hydrogen) atoms. The number of benzene rings is 6. The molecule has 0 saturated carbocycles. The third kappa shape index (κ3) is 5.75. The molecule has 6 aromatic rings. The van der Waals surface area contributed by atoms with E-state index in [4.69, 9.17) is 4.74 Å². The summed E-state index contributed by atoms with van der Waals surface area (Å²) in [5.41, 5.74) is 12.1. The lowest BCUT2D eigenvalue weighted by molar-refractivity contribution is 0.108. The third-order valence-electron chi connectivity index (χ3n) is 7.16. The highest BCUT2D eigenvalue weighted by atomic mass is 16.5. The largest absolute Gasteiger partial charge is 0.372 e. The minimum atomic E-state index is 0.553.